The zero-order chi connectivity index (χ0) is 22.7. The van der Waals surface area contributed by atoms with Crippen molar-refractivity contribution in [2.45, 2.75) is 13.0 Å². The van der Waals surface area contributed by atoms with Crippen molar-refractivity contribution in [3.63, 3.8) is 0 Å². The highest BCUT2D eigenvalue weighted by atomic mass is 35.5. The molecule has 0 radical (unpaired) electrons. The highest BCUT2D eigenvalue weighted by molar-refractivity contribution is 6.39. The van der Waals surface area contributed by atoms with Crippen molar-refractivity contribution in [1.29, 1.82) is 0 Å². The predicted molar refractivity (Wildman–Crippen MR) is 111 cm³/mol. The Kier molecular flexibility index (Phi) is 6.26. The van der Waals surface area contributed by atoms with Crippen LogP contribution < -0.4 is 19.7 Å². The van der Waals surface area contributed by atoms with E-state index in [1.54, 1.807) is 0 Å². The van der Waals surface area contributed by atoms with E-state index >= 15 is 0 Å². The van der Waals surface area contributed by atoms with Crippen molar-refractivity contribution in [2.75, 3.05) is 12.0 Å². The smallest absolute Gasteiger partial charge is 0.344 e. The Bertz CT molecular complexity index is 1100. The summed E-state index contributed by atoms with van der Waals surface area (Å²) in [5.74, 6) is -2.42. The van der Waals surface area contributed by atoms with E-state index in [1.807, 2.05) is 0 Å². The van der Waals surface area contributed by atoms with Gasteiger partial charge in [-0.15, -0.1) is 0 Å². The monoisotopic (exact) mass is 444 g/mol. The maximum absolute atomic E-state index is 12.9. The summed E-state index contributed by atoms with van der Waals surface area (Å²) in [5, 5.41) is 11.5. The zero-order valence-corrected chi connectivity index (χ0v) is 17.2. The van der Waals surface area contributed by atoms with Crippen LogP contribution in [0.25, 0.3) is 6.08 Å². The van der Waals surface area contributed by atoms with Crippen LogP contribution in [0.1, 0.15) is 12.5 Å². The van der Waals surface area contributed by atoms with Crippen molar-refractivity contribution in [3.05, 3.63) is 58.6 Å². The van der Waals surface area contributed by atoms with E-state index in [9.17, 15) is 19.2 Å². The maximum Gasteiger partial charge on any atom is 0.344 e. The fourth-order valence-electron chi connectivity index (χ4n) is 2.76. The Morgan fingerprint density at radius 1 is 1.13 bits per heavy atom. The van der Waals surface area contributed by atoms with Gasteiger partial charge >= 0.3 is 12.0 Å². The molecule has 1 saturated heterocycles. The summed E-state index contributed by atoms with van der Waals surface area (Å²) in [6, 6.07) is 9.55. The van der Waals surface area contributed by atoms with E-state index in [1.165, 1.54) is 62.6 Å². The number of carboxylic acids is 1. The lowest BCUT2D eigenvalue weighted by molar-refractivity contribution is -0.144. The molecule has 0 unspecified atom stereocenters. The van der Waals surface area contributed by atoms with Crippen molar-refractivity contribution < 1.29 is 33.8 Å². The standard InChI is InChI=1S/C21H17ClN2O7/c1-11(20(27)28)31-16-8-3-12(10-17(16)30-2)9-15-18(25)23-21(29)24(19(15)26)14-6-4-13(22)5-7-14/h3-11H,1-2H3,(H,27,28)(H,23,25,29)/b15-9+/t11-/m1/s1. The number of urea groups is 1. The number of carbonyl (C=O) groups is 4. The van der Waals surface area contributed by atoms with Gasteiger partial charge in [0.15, 0.2) is 17.6 Å². The molecule has 1 heterocycles. The molecular formula is C21H17ClN2O7. The fourth-order valence-corrected chi connectivity index (χ4v) is 2.89. The number of hydrogen-bond acceptors (Lipinski definition) is 6. The van der Waals surface area contributed by atoms with Crippen LogP contribution in [-0.4, -0.2) is 42.1 Å². The van der Waals surface area contributed by atoms with Crippen molar-refractivity contribution in [3.8, 4) is 11.5 Å². The van der Waals surface area contributed by atoms with Gasteiger partial charge < -0.3 is 14.6 Å². The van der Waals surface area contributed by atoms with Gasteiger partial charge in [-0.05, 0) is 55.0 Å². The van der Waals surface area contributed by atoms with E-state index in [0.29, 0.717) is 10.6 Å². The number of imide groups is 2. The molecule has 1 fully saturated rings. The van der Waals surface area contributed by atoms with E-state index in [4.69, 9.17) is 26.2 Å². The van der Waals surface area contributed by atoms with Gasteiger partial charge in [-0.3, -0.25) is 14.9 Å². The van der Waals surface area contributed by atoms with E-state index in [-0.39, 0.29) is 22.8 Å². The minimum absolute atomic E-state index is 0.178. The molecule has 9 nitrogen and oxygen atoms in total. The lowest BCUT2D eigenvalue weighted by Crippen LogP contribution is -2.54. The van der Waals surface area contributed by atoms with Crippen LogP contribution >= 0.6 is 11.6 Å². The van der Waals surface area contributed by atoms with Gasteiger partial charge in [-0.2, -0.15) is 0 Å². The van der Waals surface area contributed by atoms with Crippen molar-refractivity contribution in [1.82, 2.24) is 5.32 Å². The predicted octanol–water partition coefficient (Wildman–Crippen LogP) is 2.87. The van der Waals surface area contributed by atoms with Crippen LogP contribution in [-0.2, 0) is 14.4 Å². The molecule has 4 amide bonds. The molecule has 31 heavy (non-hydrogen) atoms. The van der Waals surface area contributed by atoms with Crippen LogP contribution in [0.5, 0.6) is 11.5 Å². The van der Waals surface area contributed by atoms with E-state index < -0.39 is 29.9 Å². The summed E-state index contributed by atoms with van der Waals surface area (Å²) < 4.78 is 10.5. The third kappa shape index (κ3) is 4.67. The molecular weight excluding hydrogens is 428 g/mol. The third-order valence-electron chi connectivity index (χ3n) is 4.34. The third-order valence-corrected chi connectivity index (χ3v) is 4.59. The summed E-state index contributed by atoms with van der Waals surface area (Å²) in [6.45, 7) is 1.37. The van der Waals surface area contributed by atoms with Crippen LogP contribution in [0.2, 0.25) is 5.02 Å². The van der Waals surface area contributed by atoms with Gasteiger partial charge in [0, 0.05) is 5.02 Å². The highest BCUT2D eigenvalue weighted by Crippen LogP contribution is 2.31. The number of halogens is 1. The molecule has 0 aliphatic carbocycles. The normalized spacial score (nSPS) is 16.2. The van der Waals surface area contributed by atoms with Crippen LogP contribution in [0.3, 0.4) is 0 Å². The van der Waals surface area contributed by atoms with E-state index in [2.05, 4.69) is 5.32 Å². The summed E-state index contributed by atoms with van der Waals surface area (Å²) in [6.07, 6.45) is 0.183. The second kappa shape index (κ2) is 8.88. The molecule has 2 N–H and O–H groups in total. The number of anilines is 1. The highest BCUT2D eigenvalue weighted by Gasteiger charge is 2.36. The minimum Gasteiger partial charge on any atom is -0.493 e. The van der Waals surface area contributed by atoms with Gasteiger partial charge in [-0.1, -0.05) is 17.7 Å². The van der Waals surface area contributed by atoms with Gasteiger partial charge in [0.1, 0.15) is 5.57 Å². The Balaban J connectivity index is 1.94. The second-order valence-electron chi connectivity index (χ2n) is 6.44. The number of nitrogens with zero attached hydrogens (tertiary/aromatic N) is 1. The molecule has 3 rings (SSSR count). The molecule has 1 aliphatic heterocycles. The number of barbiturate groups is 1. The topological polar surface area (TPSA) is 122 Å². The van der Waals surface area contributed by atoms with Crippen molar-refractivity contribution in [2.24, 2.45) is 0 Å². The summed E-state index contributed by atoms with van der Waals surface area (Å²) in [7, 11) is 1.37. The lowest BCUT2D eigenvalue weighted by atomic mass is 10.1. The number of benzene rings is 2. The first-order valence-corrected chi connectivity index (χ1v) is 9.33. The quantitative estimate of drug-likeness (QED) is 0.518. The number of methoxy groups -OCH3 is 1. The van der Waals surface area contributed by atoms with Crippen LogP contribution in [0.15, 0.2) is 48.0 Å². The molecule has 10 heteroatoms. The average Bonchev–Trinajstić information content (AvgIpc) is 2.73. The number of aliphatic carboxylic acids is 1. The number of carbonyl (C=O) groups excluding carboxylic acids is 3. The molecule has 0 bridgehead atoms. The Labute approximate surface area is 181 Å². The number of amides is 4. The Morgan fingerprint density at radius 2 is 1.81 bits per heavy atom. The minimum atomic E-state index is -1.15. The summed E-state index contributed by atoms with van der Waals surface area (Å²) in [5.41, 5.74) is 0.370. The SMILES string of the molecule is COc1cc(/C=C2\C(=O)NC(=O)N(c3ccc(Cl)cc3)C2=O)ccc1O[C@H](C)C(=O)O. The van der Waals surface area contributed by atoms with Gasteiger partial charge in [-0.25, -0.2) is 14.5 Å². The first-order chi connectivity index (χ1) is 14.7. The summed E-state index contributed by atoms with van der Waals surface area (Å²) >= 11 is 5.85. The first-order valence-electron chi connectivity index (χ1n) is 8.95. The van der Waals surface area contributed by atoms with Gasteiger partial charge in [0.25, 0.3) is 11.8 Å². The lowest BCUT2D eigenvalue weighted by Gasteiger charge is -2.26. The molecule has 0 saturated carbocycles. The fraction of sp³-hybridized carbons (Fsp3) is 0.143. The average molecular weight is 445 g/mol. The number of carboxylic acid groups (broad SMARTS) is 1. The van der Waals surface area contributed by atoms with Gasteiger partial charge in [0.2, 0.25) is 0 Å². The van der Waals surface area contributed by atoms with Crippen LogP contribution in [0.4, 0.5) is 10.5 Å². The number of ether oxygens (including phenoxy) is 2. The molecule has 1 atom stereocenters. The Hall–Kier alpha value is -3.85. The first kappa shape index (κ1) is 21.8. The summed E-state index contributed by atoms with van der Waals surface area (Å²) in [4.78, 5) is 49.3. The Morgan fingerprint density at radius 3 is 2.42 bits per heavy atom. The largest absolute Gasteiger partial charge is 0.493 e. The molecule has 2 aromatic rings. The number of nitrogens with one attached hydrogen (secondary N) is 1. The molecule has 2 aromatic carbocycles. The zero-order valence-electron chi connectivity index (χ0n) is 16.4. The van der Waals surface area contributed by atoms with E-state index in [0.717, 1.165) is 4.90 Å². The van der Waals surface area contributed by atoms with Gasteiger partial charge in [0.05, 0.1) is 12.8 Å². The number of hydrogen-bond donors (Lipinski definition) is 2. The van der Waals surface area contributed by atoms with Crippen molar-refractivity contribution >= 4 is 47.2 Å². The molecule has 0 aromatic heterocycles. The molecule has 0 spiro atoms. The second-order valence-corrected chi connectivity index (χ2v) is 6.88. The molecule has 1 aliphatic rings. The maximum atomic E-state index is 12.9. The molecule has 160 valence electrons. The number of rotatable bonds is 6. The van der Waals surface area contributed by atoms with Crippen LogP contribution in [0, 0.1) is 0 Å².